The topological polar surface area (TPSA) is 114 Å². The third-order valence-electron chi connectivity index (χ3n) is 0. The fraction of sp³-hybridized carbons (Fsp3) is 0. The molecule has 6 heteroatoms. The van der Waals surface area contributed by atoms with Gasteiger partial charge in [-0.1, -0.05) is 0 Å². The minimum atomic E-state index is 0. The van der Waals surface area contributed by atoms with Gasteiger partial charge in [-0.05, 0) is 0 Å². The van der Waals surface area contributed by atoms with E-state index < -0.39 is 0 Å². The third kappa shape index (κ3) is 51.3. The maximum atomic E-state index is 0. The summed E-state index contributed by atoms with van der Waals surface area (Å²) in [6, 6.07) is 0. The molecule has 6 heavy (non-hydrogen) atoms. The Morgan fingerprint density at radius 2 is 0.500 bits per heavy atom. The minimum absolute atomic E-state index is 0. The summed E-state index contributed by atoms with van der Waals surface area (Å²) in [4.78, 5) is 0. The zero-order chi connectivity index (χ0) is 0. The Kier molecular flexibility index (Phi) is 2240. The summed E-state index contributed by atoms with van der Waals surface area (Å²) in [5.74, 6) is 0. The standard InChI is InChI=1S/Cd.4O.W/q+2;4*-2;+6. The molecule has 0 aliphatic heterocycles. The van der Waals surface area contributed by atoms with Crippen LogP contribution in [0.25, 0.3) is 0 Å². The second-order valence-electron chi connectivity index (χ2n) is 0. The molecule has 0 fully saturated rings. The van der Waals surface area contributed by atoms with Crippen LogP contribution in [-0.4, -0.2) is 0 Å². The van der Waals surface area contributed by atoms with Crippen LogP contribution >= 0.6 is 0 Å². The second kappa shape index (κ2) is 91.1. The first-order valence-corrected chi connectivity index (χ1v) is 0. The van der Waals surface area contributed by atoms with E-state index in [0.717, 1.165) is 0 Å². The molecule has 0 aromatic rings. The van der Waals surface area contributed by atoms with Crippen LogP contribution in [0.15, 0.2) is 0 Å². The average Bonchev–Trinajstić information content (AvgIpc) is 0. The number of hydrogen-bond donors (Lipinski definition) is 0. The van der Waals surface area contributed by atoms with Gasteiger partial charge >= 0.3 is 48.4 Å². The van der Waals surface area contributed by atoms with Crippen molar-refractivity contribution in [3.05, 3.63) is 0 Å². The van der Waals surface area contributed by atoms with Gasteiger partial charge in [0.2, 0.25) is 0 Å². The molecule has 0 heterocycles. The Morgan fingerprint density at radius 3 is 0.500 bits per heavy atom. The van der Waals surface area contributed by atoms with Crippen molar-refractivity contribution in [3.63, 3.8) is 0 Å². The van der Waals surface area contributed by atoms with Crippen molar-refractivity contribution in [1.29, 1.82) is 0 Å². The van der Waals surface area contributed by atoms with Crippen LogP contribution in [0.4, 0.5) is 0 Å². The van der Waals surface area contributed by atoms with Crippen LogP contribution in [0.3, 0.4) is 0 Å². The SMILES string of the molecule is [Cd+2].[O-2].[O-2].[O-2].[O-2].[W+6]. The summed E-state index contributed by atoms with van der Waals surface area (Å²) in [6.45, 7) is 0. The summed E-state index contributed by atoms with van der Waals surface area (Å²) < 4.78 is 0. The van der Waals surface area contributed by atoms with Crippen LogP contribution in [0.1, 0.15) is 0 Å². The fourth-order valence-electron chi connectivity index (χ4n) is 0. The second-order valence-corrected chi connectivity index (χ2v) is 0. The normalized spacial score (nSPS) is 0. The smallest absolute Gasteiger partial charge is 2.00 e. The van der Waals surface area contributed by atoms with E-state index in [4.69, 9.17) is 0 Å². The first-order chi connectivity index (χ1) is 0. The van der Waals surface area contributed by atoms with E-state index in [1.165, 1.54) is 0 Å². The van der Waals surface area contributed by atoms with Crippen LogP contribution in [0.5, 0.6) is 0 Å². The van der Waals surface area contributed by atoms with Gasteiger partial charge in [0.1, 0.15) is 0 Å². The van der Waals surface area contributed by atoms with E-state index in [2.05, 4.69) is 0 Å². The van der Waals surface area contributed by atoms with E-state index in [0.29, 0.717) is 0 Å². The molecule has 0 saturated heterocycles. The summed E-state index contributed by atoms with van der Waals surface area (Å²) in [7, 11) is 0. The van der Waals surface area contributed by atoms with Crippen LogP contribution in [-0.2, 0) is 70.3 Å². The van der Waals surface area contributed by atoms with E-state index in [9.17, 15) is 0 Å². The van der Waals surface area contributed by atoms with E-state index in [1.54, 1.807) is 0 Å². The molecule has 0 aliphatic rings. The van der Waals surface area contributed by atoms with Gasteiger partial charge < -0.3 is 21.9 Å². The molecule has 32 valence electrons. The number of rotatable bonds is 0. The monoisotopic (exact) mass is 362 g/mol. The zero-order valence-electron chi connectivity index (χ0n) is 2.75. The van der Waals surface area contributed by atoms with E-state index in [1.807, 2.05) is 0 Å². The molecule has 0 bridgehead atoms. The Labute approximate surface area is 70.0 Å². The number of hydrogen-bond acceptors (Lipinski definition) is 0. The third-order valence-corrected chi connectivity index (χ3v) is 0. The minimum Gasteiger partial charge on any atom is -2.00 e. The molecule has 0 radical (unpaired) electrons. The van der Waals surface area contributed by atoms with E-state index in [-0.39, 0.29) is 70.3 Å². The molecule has 0 rings (SSSR count). The molecule has 0 saturated carbocycles. The molecular formula is CdO4W. The van der Waals surface area contributed by atoms with Gasteiger partial charge in [-0.2, -0.15) is 0 Å². The molecule has 0 atom stereocenters. The molecule has 0 spiro atoms. The first kappa shape index (κ1) is 147. The van der Waals surface area contributed by atoms with Crippen molar-refractivity contribution in [2.45, 2.75) is 0 Å². The maximum Gasteiger partial charge on any atom is 6.00 e. The van der Waals surface area contributed by atoms with Gasteiger partial charge in [-0.25, -0.2) is 0 Å². The summed E-state index contributed by atoms with van der Waals surface area (Å²) in [6.07, 6.45) is 0. The predicted molar refractivity (Wildman–Crippen MR) is 2.75 cm³/mol. The van der Waals surface area contributed by atoms with Gasteiger partial charge in [0.15, 0.2) is 0 Å². The molecule has 0 aliphatic carbocycles. The molecule has 0 aromatic carbocycles. The fourth-order valence-corrected chi connectivity index (χ4v) is 0. The van der Waals surface area contributed by atoms with Gasteiger partial charge in [0, 0.05) is 0 Å². The largest absolute Gasteiger partial charge is 6.00 e. The summed E-state index contributed by atoms with van der Waals surface area (Å²) >= 11 is 0. The van der Waals surface area contributed by atoms with Crippen LogP contribution in [0.2, 0.25) is 0 Å². The van der Waals surface area contributed by atoms with Crippen molar-refractivity contribution in [2.75, 3.05) is 0 Å². The Hall–Kier alpha value is 1.45. The van der Waals surface area contributed by atoms with Crippen molar-refractivity contribution in [2.24, 2.45) is 0 Å². The van der Waals surface area contributed by atoms with Crippen molar-refractivity contribution in [1.82, 2.24) is 0 Å². The van der Waals surface area contributed by atoms with Gasteiger partial charge in [-0.3, -0.25) is 0 Å². The Morgan fingerprint density at radius 1 is 0.500 bits per heavy atom. The molecule has 0 unspecified atom stereocenters. The molecule has 4 nitrogen and oxygen atoms in total. The quantitative estimate of drug-likeness (QED) is 0.520. The molecule has 0 amide bonds. The summed E-state index contributed by atoms with van der Waals surface area (Å²) in [5.41, 5.74) is 0. The van der Waals surface area contributed by atoms with Crippen molar-refractivity contribution in [3.8, 4) is 0 Å². The van der Waals surface area contributed by atoms with Crippen molar-refractivity contribution >= 4 is 0 Å². The predicted octanol–water partition coefficient (Wildman–Crippen LogP) is -0.480. The van der Waals surface area contributed by atoms with Crippen LogP contribution in [0, 0.1) is 0 Å². The van der Waals surface area contributed by atoms with Gasteiger partial charge in [-0.15, -0.1) is 0 Å². The van der Waals surface area contributed by atoms with Crippen LogP contribution < -0.4 is 0 Å². The van der Waals surface area contributed by atoms with Gasteiger partial charge in [0.25, 0.3) is 0 Å². The first-order valence-electron chi connectivity index (χ1n) is 0. The Balaban J connectivity index is 0. The van der Waals surface area contributed by atoms with E-state index >= 15 is 0 Å². The molecule has 0 aromatic heterocycles. The van der Waals surface area contributed by atoms with Crippen molar-refractivity contribution < 1.29 is 70.3 Å². The molecular weight excluding hydrogens is 360 g/mol. The average molecular weight is 360 g/mol. The molecule has 0 N–H and O–H groups in total. The summed E-state index contributed by atoms with van der Waals surface area (Å²) in [5, 5.41) is 0. The maximum absolute atomic E-state index is 0. The van der Waals surface area contributed by atoms with Gasteiger partial charge in [0.05, 0.1) is 0 Å². The zero-order valence-corrected chi connectivity index (χ0v) is 9.72. The Bertz CT molecular complexity index is 7.51.